The van der Waals surface area contributed by atoms with Crippen molar-refractivity contribution < 1.29 is 13.9 Å². The van der Waals surface area contributed by atoms with E-state index in [0.29, 0.717) is 18.3 Å². The molecule has 1 aliphatic rings. The fraction of sp³-hybridized carbons (Fsp3) is 0.615. The van der Waals surface area contributed by atoms with Gasteiger partial charge < -0.3 is 14.5 Å². The molecule has 4 nitrogen and oxygen atoms in total. The number of furan rings is 1. The third-order valence-corrected chi connectivity index (χ3v) is 3.25. The number of rotatable bonds is 6. The number of hydrogen-bond acceptors (Lipinski definition) is 4. The van der Waals surface area contributed by atoms with Crippen LogP contribution >= 0.6 is 0 Å². The smallest absolute Gasteiger partial charge is 0.374 e. The summed E-state index contributed by atoms with van der Waals surface area (Å²) >= 11 is 0. The van der Waals surface area contributed by atoms with Crippen molar-refractivity contribution in [1.82, 2.24) is 5.32 Å². The highest BCUT2D eigenvalue weighted by Crippen LogP contribution is 2.34. The molecule has 1 aromatic rings. The van der Waals surface area contributed by atoms with Gasteiger partial charge in [-0.1, -0.05) is 13.3 Å². The van der Waals surface area contributed by atoms with E-state index < -0.39 is 5.97 Å². The monoisotopic (exact) mass is 237 g/mol. The number of carbonyl (C=O) groups excluding carboxylic acids is 1. The van der Waals surface area contributed by atoms with Crippen LogP contribution < -0.4 is 5.32 Å². The van der Waals surface area contributed by atoms with Gasteiger partial charge in [-0.25, -0.2) is 4.79 Å². The van der Waals surface area contributed by atoms with Crippen LogP contribution in [0.1, 0.15) is 42.3 Å². The first-order valence-electron chi connectivity index (χ1n) is 6.14. The molecule has 0 aliphatic heterocycles. The van der Waals surface area contributed by atoms with Gasteiger partial charge in [-0.3, -0.25) is 0 Å². The lowest BCUT2D eigenvalue weighted by atomic mass is 10.2. The maximum atomic E-state index is 11.4. The van der Waals surface area contributed by atoms with Gasteiger partial charge in [0, 0.05) is 18.2 Å². The van der Waals surface area contributed by atoms with Gasteiger partial charge in [0.15, 0.2) is 0 Å². The number of nitrogens with one attached hydrogen (secondary N) is 1. The summed E-state index contributed by atoms with van der Waals surface area (Å²) in [5, 5.41) is 3.45. The Hall–Kier alpha value is -1.29. The summed E-state index contributed by atoms with van der Waals surface area (Å²) in [5.41, 5.74) is 0.874. The van der Waals surface area contributed by atoms with E-state index in [9.17, 15) is 4.79 Å². The maximum Gasteiger partial charge on any atom is 0.374 e. The van der Waals surface area contributed by atoms with Crippen molar-refractivity contribution in [3.8, 4) is 0 Å². The second kappa shape index (κ2) is 5.36. The summed E-state index contributed by atoms with van der Waals surface area (Å²) < 4.78 is 9.79. The van der Waals surface area contributed by atoms with Crippen LogP contribution in [0, 0.1) is 5.92 Å². The summed E-state index contributed by atoms with van der Waals surface area (Å²) in [5.74, 6) is 0.717. The van der Waals surface area contributed by atoms with Crippen molar-refractivity contribution in [2.75, 3.05) is 7.11 Å². The Labute approximate surface area is 101 Å². The van der Waals surface area contributed by atoms with Crippen LogP contribution in [0.4, 0.5) is 0 Å². The Kier molecular flexibility index (Phi) is 3.84. The summed E-state index contributed by atoms with van der Waals surface area (Å²) in [6.45, 7) is 2.88. The summed E-state index contributed by atoms with van der Waals surface area (Å²) in [6.07, 6.45) is 5.30. The second-order valence-corrected chi connectivity index (χ2v) is 4.54. The van der Waals surface area contributed by atoms with E-state index in [2.05, 4.69) is 17.0 Å². The first-order valence-corrected chi connectivity index (χ1v) is 6.14. The molecule has 0 spiro atoms. The minimum Gasteiger partial charge on any atom is -0.463 e. The molecular weight excluding hydrogens is 218 g/mol. The molecule has 0 saturated heterocycles. The molecule has 1 saturated carbocycles. The maximum absolute atomic E-state index is 11.4. The van der Waals surface area contributed by atoms with E-state index in [1.807, 2.05) is 6.07 Å². The molecule has 94 valence electrons. The Balaban J connectivity index is 1.84. The van der Waals surface area contributed by atoms with Crippen molar-refractivity contribution in [2.24, 2.45) is 5.92 Å². The lowest BCUT2D eigenvalue weighted by Crippen LogP contribution is -2.19. The molecule has 1 fully saturated rings. The highest BCUT2D eigenvalue weighted by Gasteiger charge is 2.35. The van der Waals surface area contributed by atoms with Crippen LogP contribution in [0.25, 0.3) is 0 Å². The van der Waals surface area contributed by atoms with Gasteiger partial charge >= 0.3 is 5.97 Å². The van der Waals surface area contributed by atoms with Gasteiger partial charge in [-0.2, -0.15) is 0 Å². The average Bonchev–Trinajstić information content (AvgIpc) is 2.91. The van der Waals surface area contributed by atoms with Crippen LogP contribution in [-0.4, -0.2) is 19.1 Å². The summed E-state index contributed by atoms with van der Waals surface area (Å²) in [7, 11) is 1.36. The lowest BCUT2D eigenvalue weighted by Gasteiger charge is -2.03. The molecule has 2 atom stereocenters. The van der Waals surface area contributed by atoms with E-state index in [0.717, 1.165) is 11.5 Å². The van der Waals surface area contributed by atoms with Gasteiger partial charge in [0.25, 0.3) is 0 Å². The first kappa shape index (κ1) is 12.2. The quantitative estimate of drug-likeness (QED) is 0.772. The zero-order chi connectivity index (χ0) is 12.3. The zero-order valence-corrected chi connectivity index (χ0v) is 10.4. The molecule has 0 bridgehead atoms. The van der Waals surface area contributed by atoms with Crippen molar-refractivity contribution in [3.05, 3.63) is 23.7 Å². The standard InChI is InChI=1S/C13H19NO3/c1-3-4-9-7-11(9)14-8-10-5-6-17-12(10)13(15)16-2/h5-6,9,11,14H,3-4,7-8H2,1-2H3. The predicted octanol–water partition coefficient (Wildman–Crippen LogP) is 2.34. The molecule has 0 aromatic carbocycles. The Morgan fingerprint density at radius 2 is 2.47 bits per heavy atom. The molecule has 2 rings (SSSR count). The fourth-order valence-electron chi connectivity index (χ4n) is 2.18. The first-order chi connectivity index (χ1) is 8.26. The fourth-order valence-corrected chi connectivity index (χ4v) is 2.18. The van der Waals surface area contributed by atoms with Crippen molar-refractivity contribution in [3.63, 3.8) is 0 Å². The largest absolute Gasteiger partial charge is 0.463 e. The van der Waals surface area contributed by atoms with Gasteiger partial charge in [0.1, 0.15) is 0 Å². The van der Waals surface area contributed by atoms with Crippen LogP contribution in [0.15, 0.2) is 16.7 Å². The summed E-state index contributed by atoms with van der Waals surface area (Å²) in [6, 6.07) is 2.42. The molecule has 0 amide bonds. The van der Waals surface area contributed by atoms with Crippen molar-refractivity contribution in [1.29, 1.82) is 0 Å². The number of esters is 1. The minimum absolute atomic E-state index is 0.313. The molecule has 1 aliphatic carbocycles. The van der Waals surface area contributed by atoms with Crippen LogP contribution in [0.3, 0.4) is 0 Å². The van der Waals surface area contributed by atoms with E-state index in [-0.39, 0.29) is 0 Å². The minimum atomic E-state index is -0.410. The Bertz CT molecular complexity index is 386. The third-order valence-electron chi connectivity index (χ3n) is 3.25. The number of hydrogen-bond donors (Lipinski definition) is 1. The predicted molar refractivity (Wildman–Crippen MR) is 63.7 cm³/mol. The molecule has 2 unspecified atom stereocenters. The summed E-state index contributed by atoms with van der Waals surface area (Å²) in [4.78, 5) is 11.4. The average molecular weight is 237 g/mol. The molecule has 1 heterocycles. The molecular formula is C13H19NO3. The highest BCUT2D eigenvalue weighted by atomic mass is 16.5. The van der Waals surface area contributed by atoms with Crippen LogP contribution in [0.5, 0.6) is 0 Å². The second-order valence-electron chi connectivity index (χ2n) is 4.54. The third kappa shape index (κ3) is 2.88. The van der Waals surface area contributed by atoms with E-state index in [1.165, 1.54) is 32.6 Å². The zero-order valence-electron chi connectivity index (χ0n) is 10.4. The van der Waals surface area contributed by atoms with Gasteiger partial charge in [-0.15, -0.1) is 0 Å². The molecule has 17 heavy (non-hydrogen) atoms. The topological polar surface area (TPSA) is 51.5 Å². The molecule has 4 heteroatoms. The van der Waals surface area contributed by atoms with E-state index in [4.69, 9.17) is 4.42 Å². The van der Waals surface area contributed by atoms with Gasteiger partial charge in [0.05, 0.1) is 13.4 Å². The normalized spacial score (nSPS) is 22.5. The number of carbonyl (C=O) groups is 1. The lowest BCUT2D eigenvalue weighted by molar-refractivity contribution is 0.0563. The van der Waals surface area contributed by atoms with Gasteiger partial charge in [-0.05, 0) is 24.8 Å². The van der Waals surface area contributed by atoms with Gasteiger partial charge in [0.2, 0.25) is 5.76 Å². The van der Waals surface area contributed by atoms with E-state index >= 15 is 0 Å². The van der Waals surface area contributed by atoms with Crippen molar-refractivity contribution in [2.45, 2.75) is 38.8 Å². The van der Waals surface area contributed by atoms with Crippen LogP contribution in [0.2, 0.25) is 0 Å². The molecule has 1 N–H and O–H groups in total. The number of methoxy groups -OCH3 is 1. The van der Waals surface area contributed by atoms with E-state index in [1.54, 1.807) is 0 Å². The Morgan fingerprint density at radius 3 is 3.18 bits per heavy atom. The van der Waals surface area contributed by atoms with Crippen LogP contribution in [-0.2, 0) is 11.3 Å². The SMILES string of the molecule is CCCC1CC1NCc1ccoc1C(=O)OC. The molecule has 0 radical (unpaired) electrons. The molecule has 1 aromatic heterocycles. The van der Waals surface area contributed by atoms with Crippen molar-refractivity contribution >= 4 is 5.97 Å². The highest BCUT2D eigenvalue weighted by molar-refractivity contribution is 5.87. The Morgan fingerprint density at radius 1 is 1.65 bits per heavy atom. The number of ether oxygens (including phenoxy) is 1.